The molecule has 0 saturated carbocycles. The highest BCUT2D eigenvalue weighted by atomic mass is 79.9. The van der Waals surface area contributed by atoms with Crippen LogP contribution in [0.5, 0.6) is 0 Å². The molecule has 2 rings (SSSR count). The Bertz CT molecular complexity index is 487. The molecule has 0 aromatic heterocycles. The Labute approximate surface area is 121 Å². The summed E-state index contributed by atoms with van der Waals surface area (Å²) in [5, 5.41) is 18.0. The van der Waals surface area contributed by atoms with Crippen LogP contribution in [0.3, 0.4) is 0 Å². The third-order valence-electron chi connectivity index (χ3n) is 3.39. The van der Waals surface area contributed by atoms with E-state index in [1.807, 2.05) is 18.2 Å². The van der Waals surface area contributed by atoms with Crippen LogP contribution < -0.4 is 0 Å². The van der Waals surface area contributed by atoms with E-state index >= 15 is 0 Å². The summed E-state index contributed by atoms with van der Waals surface area (Å²) in [6.45, 7) is 4.32. The predicted molar refractivity (Wildman–Crippen MR) is 75.6 cm³/mol. The van der Waals surface area contributed by atoms with Crippen LogP contribution in [0.2, 0.25) is 0 Å². The average molecular weight is 325 g/mol. The molecule has 1 aromatic rings. The largest absolute Gasteiger partial charge is 0.394 e. The fourth-order valence-corrected chi connectivity index (χ4v) is 2.67. The van der Waals surface area contributed by atoms with Crippen molar-refractivity contribution in [3.05, 3.63) is 33.8 Å². The summed E-state index contributed by atoms with van der Waals surface area (Å²) in [7, 11) is 0. The van der Waals surface area contributed by atoms with Crippen molar-refractivity contribution < 1.29 is 9.84 Å². The Morgan fingerprint density at radius 3 is 3.00 bits per heavy atom. The Balaban J connectivity index is 2.09. The van der Waals surface area contributed by atoms with Crippen LogP contribution in [0.25, 0.3) is 0 Å². The van der Waals surface area contributed by atoms with E-state index in [1.165, 1.54) is 0 Å². The van der Waals surface area contributed by atoms with Crippen LogP contribution in [-0.4, -0.2) is 41.9 Å². The minimum Gasteiger partial charge on any atom is -0.394 e. The second-order valence-corrected chi connectivity index (χ2v) is 5.69. The summed E-state index contributed by atoms with van der Waals surface area (Å²) in [6.07, 6.45) is -0.103. The third kappa shape index (κ3) is 3.54. The zero-order valence-corrected chi connectivity index (χ0v) is 12.4. The number of benzene rings is 1. The lowest BCUT2D eigenvalue weighted by Crippen LogP contribution is -2.48. The molecule has 0 bridgehead atoms. The van der Waals surface area contributed by atoms with Gasteiger partial charge in [0.1, 0.15) is 0 Å². The van der Waals surface area contributed by atoms with Crippen LogP contribution in [-0.2, 0) is 11.3 Å². The van der Waals surface area contributed by atoms with Gasteiger partial charge in [-0.05, 0) is 24.6 Å². The minimum absolute atomic E-state index is 0.0533. The smallest absolute Gasteiger partial charge is 0.0992 e. The molecule has 2 unspecified atom stereocenters. The normalized spacial score (nSPS) is 24.1. The van der Waals surface area contributed by atoms with Crippen LogP contribution in [0.4, 0.5) is 0 Å². The van der Waals surface area contributed by atoms with Crippen molar-refractivity contribution in [3.63, 3.8) is 0 Å². The van der Waals surface area contributed by atoms with Gasteiger partial charge in [-0.25, -0.2) is 0 Å². The van der Waals surface area contributed by atoms with Crippen LogP contribution >= 0.6 is 15.9 Å². The fraction of sp³-hybridized carbons (Fsp3) is 0.500. The number of aliphatic hydroxyl groups is 1. The molecule has 1 fully saturated rings. The van der Waals surface area contributed by atoms with Gasteiger partial charge in [-0.3, -0.25) is 4.90 Å². The standard InChI is InChI=1S/C14H17BrN2O2/c1-10-9-19-13(8-18)7-17(10)6-12-3-2-11(5-16)4-14(12)15/h2-4,10,13,18H,6-9H2,1H3. The highest BCUT2D eigenvalue weighted by Gasteiger charge is 2.25. The lowest BCUT2D eigenvalue weighted by atomic mass is 10.1. The molecule has 1 heterocycles. The quantitative estimate of drug-likeness (QED) is 0.922. The lowest BCUT2D eigenvalue weighted by molar-refractivity contribution is -0.0806. The van der Waals surface area contributed by atoms with Crippen molar-refractivity contribution in [3.8, 4) is 6.07 Å². The van der Waals surface area contributed by atoms with Crippen molar-refractivity contribution in [1.82, 2.24) is 4.90 Å². The van der Waals surface area contributed by atoms with Gasteiger partial charge < -0.3 is 9.84 Å². The monoisotopic (exact) mass is 324 g/mol. The maximum atomic E-state index is 9.19. The number of ether oxygens (including phenoxy) is 1. The van der Waals surface area contributed by atoms with E-state index in [-0.39, 0.29) is 12.7 Å². The molecule has 1 aromatic carbocycles. The van der Waals surface area contributed by atoms with Crippen LogP contribution in [0.15, 0.2) is 22.7 Å². The van der Waals surface area contributed by atoms with Crippen LogP contribution in [0, 0.1) is 11.3 Å². The van der Waals surface area contributed by atoms with Gasteiger partial charge in [0.15, 0.2) is 0 Å². The Morgan fingerprint density at radius 1 is 1.58 bits per heavy atom. The molecule has 0 amide bonds. The summed E-state index contributed by atoms with van der Waals surface area (Å²) >= 11 is 3.51. The van der Waals surface area contributed by atoms with E-state index in [9.17, 15) is 5.11 Å². The van der Waals surface area contributed by atoms with Gasteiger partial charge >= 0.3 is 0 Å². The Hall–Kier alpha value is -0.930. The van der Waals surface area contributed by atoms with E-state index in [0.29, 0.717) is 18.2 Å². The molecule has 0 aliphatic carbocycles. The van der Waals surface area contributed by atoms with Crippen molar-refractivity contribution >= 4 is 15.9 Å². The molecule has 102 valence electrons. The van der Waals surface area contributed by atoms with Crippen molar-refractivity contribution in [2.24, 2.45) is 0 Å². The summed E-state index contributed by atoms with van der Waals surface area (Å²) in [6, 6.07) is 8.09. The van der Waals surface area contributed by atoms with E-state index in [0.717, 1.165) is 23.1 Å². The molecule has 19 heavy (non-hydrogen) atoms. The number of aliphatic hydroxyl groups excluding tert-OH is 1. The SMILES string of the molecule is CC1COC(CO)CN1Cc1ccc(C#N)cc1Br. The zero-order valence-electron chi connectivity index (χ0n) is 10.8. The van der Waals surface area contributed by atoms with Crippen molar-refractivity contribution in [2.45, 2.75) is 25.6 Å². The molecule has 1 saturated heterocycles. The number of nitriles is 1. The number of hydrogen-bond acceptors (Lipinski definition) is 4. The van der Waals surface area contributed by atoms with E-state index in [2.05, 4.69) is 33.8 Å². The second kappa shape index (κ2) is 6.49. The highest BCUT2D eigenvalue weighted by molar-refractivity contribution is 9.10. The Morgan fingerprint density at radius 2 is 2.37 bits per heavy atom. The van der Waals surface area contributed by atoms with E-state index in [1.54, 1.807) is 0 Å². The molecule has 4 nitrogen and oxygen atoms in total. The van der Waals surface area contributed by atoms with Crippen LogP contribution in [0.1, 0.15) is 18.1 Å². The maximum Gasteiger partial charge on any atom is 0.0992 e. The van der Waals surface area contributed by atoms with E-state index in [4.69, 9.17) is 10.00 Å². The fourth-order valence-electron chi connectivity index (χ4n) is 2.17. The Kier molecular flexibility index (Phi) is 4.94. The first-order valence-electron chi connectivity index (χ1n) is 6.29. The number of nitrogens with zero attached hydrogens (tertiary/aromatic N) is 2. The van der Waals surface area contributed by atoms with Gasteiger partial charge in [-0.15, -0.1) is 0 Å². The van der Waals surface area contributed by atoms with Gasteiger partial charge in [-0.1, -0.05) is 22.0 Å². The first kappa shape index (κ1) is 14.5. The molecule has 1 aliphatic heterocycles. The molecule has 1 N–H and O–H groups in total. The summed E-state index contributed by atoms with van der Waals surface area (Å²) in [5.41, 5.74) is 1.79. The highest BCUT2D eigenvalue weighted by Crippen LogP contribution is 2.22. The first-order valence-corrected chi connectivity index (χ1v) is 7.08. The molecule has 0 spiro atoms. The van der Waals surface area contributed by atoms with E-state index < -0.39 is 0 Å². The van der Waals surface area contributed by atoms with Gasteiger partial charge in [0.05, 0.1) is 31.0 Å². The summed E-state index contributed by atoms with van der Waals surface area (Å²) in [4.78, 5) is 2.29. The van der Waals surface area contributed by atoms with Gasteiger partial charge in [0, 0.05) is 23.6 Å². The van der Waals surface area contributed by atoms with Gasteiger partial charge in [0.2, 0.25) is 0 Å². The predicted octanol–water partition coefficient (Wildman–Crippen LogP) is 1.90. The van der Waals surface area contributed by atoms with Crippen molar-refractivity contribution in [1.29, 1.82) is 5.26 Å². The summed E-state index contributed by atoms with van der Waals surface area (Å²) in [5.74, 6) is 0. The summed E-state index contributed by atoms with van der Waals surface area (Å²) < 4.78 is 6.48. The number of rotatable bonds is 3. The molecular formula is C14H17BrN2O2. The minimum atomic E-state index is -0.103. The van der Waals surface area contributed by atoms with Crippen molar-refractivity contribution in [2.75, 3.05) is 19.8 Å². The molecular weight excluding hydrogens is 308 g/mol. The number of hydrogen-bond donors (Lipinski definition) is 1. The molecule has 1 aliphatic rings. The maximum absolute atomic E-state index is 9.19. The third-order valence-corrected chi connectivity index (χ3v) is 4.13. The molecule has 2 atom stereocenters. The number of morpholine rings is 1. The molecule has 0 radical (unpaired) electrons. The van der Waals surface area contributed by atoms with Gasteiger partial charge in [-0.2, -0.15) is 5.26 Å². The molecule has 5 heteroatoms. The lowest BCUT2D eigenvalue weighted by Gasteiger charge is -2.37. The second-order valence-electron chi connectivity index (χ2n) is 4.83. The topological polar surface area (TPSA) is 56.5 Å². The first-order chi connectivity index (χ1) is 9.13. The zero-order chi connectivity index (χ0) is 13.8. The average Bonchev–Trinajstić information content (AvgIpc) is 2.43. The number of halogens is 1. The van der Waals surface area contributed by atoms with Gasteiger partial charge in [0.25, 0.3) is 0 Å².